The number of hydrogen-bond donors (Lipinski definition) is 3. The maximum absolute atomic E-state index is 12.2. The first kappa shape index (κ1) is 21.0. The van der Waals surface area contributed by atoms with Crippen LogP contribution in [0.4, 0.5) is 16.3 Å². The molecule has 1 aromatic heterocycles. The first-order valence-corrected chi connectivity index (χ1v) is 11.0. The van der Waals surface area contributed by atoms with E-state index in [0.717, 1.165) is 33.8 Å². The van der Waals surface area contributed by atoms with Crippen molar-refractivity contribution in [1.29, 1.82) is 0 Å². The zero-order valence-corrected chi connectivity index (χ0v) is 18.6. The molecule has 1 aromatic carbocycles. The van der Waals surface area contributed by atoms with Crippen molar-refractivity contribution >= 4 is 35.3 Å². The fraction of sp³-hybridized carbons (Fsp3) is 0.286. The maximum atomic E-state index is 12.2. The summed E-state index contributed by atoms with van der Waals surface area (Å²) >= 11 is 1.61. The van der Waals surface area contributed by atoms with Gasteiger partial charge in [-0.1, -0.05) is 0 Å². The van der Waals surface area contributed by atoms with Crippen LogP contribution in [0.25, 0.3) is 0 Å². The zero-order valence-electron chi connectivity index (χ0n) is 17.8. The number of aliphatic imine (C=N–C) groups is 1. The Hall–Kier alpha value is -3.24. The zero-order chi connectivity index (χ0) is 21.8. The predicted molar refractivity (Wildman–Crippen MR) is 125 cm³/mol. The van der Waals surface area contributed by atoms with Gasteiger partial charge in [0.15, 0.2) is 12.0 Å². The lowest BCUT2D eigenvalue weighted by Gasteiger charge is -2.24. The summed E-state index contributed by atoms with van der Waals surface area (Å²) in [5, 5.41) is 13.5. The lowest BCUT2D eigenvalue weighted by atomic mass is 10.3. The van der Waals surface area contributed by atoms with Gasteiger partial charge < -0.3 is 10.2 Å². The summed E-state index contributed by atoms with van der Waals surface area (Å²) in [5.41, 5.74) is 1.77. The molecule has 2 amide bonds. The third kappa shape index (κ3) is 4.92. The van der Waals surface area contributed by atoms with Gasteiger partial charge in [0.25, 0.3) is 11.7 Å². The molecule has 3 heterocycles. The molecule has 10 heteroatoms. The van der Waals surface area contributed by atoms with E-state index in [2.05, 4.69) is 30.1 Å². The van der Waals surface area contributed by atoms with Crippen LogP contribution in [0.15, 0.2) is 64.6 Å². The van der Waals surface area contributed by atoms with Gasteiger partial charge >= 0.3 is 6.03 Å². The van der Waals surface area contributed by atoms with E-state index in [-0.39, 0.29) is 6.03 Å². The fourth-order valence-electron chi connectivity index (χ4n) is 3.27. The number of aryl methyl sites for hydroxylation is 1. The summed E-state index contributed by atoms with van der Waals surface area (Å²) in [6.45, 7) is 7.94. The normalized spacial score (nSPS) is 15.4. The maximum Gasteiger partial charge on any atom is 0.321 e. The monoisotopic (exact) mass is 438 g/mol. The molecule has 0 saturated heterocycles. The summed E-state index contributed by atoms with van der Waals surface area (Å²) in [6, 6.07) is 9.71. The number of aromatic amines is 1. The Morgan fingerprint density at radius 1 is 1.29 bits per heavy atom. The number of anilines is 2. The summed E-state index contributed by atoms with van der Waals surface area (Å²) in [7, 11) is 0. The van der Waals surface area contributed by atoms with Crippen LogP contribution in [0.2, 0.25) is 0 Å². The second kappa shape index (κ2) is 9.27. The minimum absolute atomic E-state index is 0.0828. The fourth-order valence-corrected chi connectivity index (χ4v) is 4.13. The average molecular weight is 439 g/mol. The lowest BCUT2D eigenvalue weighted by Crippen LogP contribution is -2.42. The van der Waals surface area contributed by atoms with Crippen molar-refractivity contribution < 1.29 is 4.79 Å². The predicted octanol–water partition coefficient (Wildman–Crippen LogP) is 3.85. The number of aromatic nitrogens is 2. The highest BCUT2D eigenvalue weighted by atomic mass is 32.2. The number of hydrogen-bond acceptors (Lipinski definition) is 7. The molecule has 0 aliphatic carbocycles. The van der Waals surface area contributed by atoms with Crippen LogP contribution in [-0.2, 0) is 0 Å². The van der Waals surface area contributed by atoms with E-state index >= 15 is 0 Å². The molecular formula is C21H26N8OS+. The Kier molecular flexibility index (Phi) is 6.28. The minimum atomic E-state index is -0.0828. The molecule has 0 atom stereocenters. The van der Waals surface area contributed by atoms with Crippen LogP contribution < -0.4 is 15.5 Å². The number of carbonyl (C=O) groups is 1. The SMILES string of the molecule is CCN(CC)C(=O)Nc1ccc(SN2C=C(Nc3cc(C)[nH]n3)[N+]3C=CN=C3C2)cc1. The highest BCUT2D eigenvalue weighted by Crippen LogP contribution is 2.29. The number of benzene rings is 1. The van der Waals surface area contributed by atoms with Crippen molar-refractivity contribution in [3.8, 4) is 0 Å². The Balaban J connectivity index is 1.44. The highest BCUT2D eigenvalue weighted by Gasteiger charge is 2.37. The number of amidine groups is 1. The van der Waals surface area contributed by atoms with E-state index in [9.17, 15) is 4.79 Å². The van der Waals surface area contributed by atoms with E-state index in [1.54, 1.807) is 23.0 Å². The van der Waals surface area contributed by atoms with Gasteiger partial charge in [-0.15, -0.1) is 0 Å². The minimum Gasteiger partial charge on any atom is -0.325 e. The first-order valence-electron chi connectivity index (χ1n) is 10.2. The smallest absolute Gasteiger partial charge is 0.321 e. The quantitative estimate of drug-likeness (QED) is 0.451. The number of nitrogens with zero attached hydrogens (tertiary/aromatic N) is 5. The molecule has 0 fully saturated rings. The molecule has 161 valence electrons. The van der Waals surface area contributed by atoms with E-state index in [0.29, 0.717) is 19.6 Å². The van der Waals surface area contributed by atoms with Crippen molar-refractivity contribution in [2.75, 3.05) is 30.3 Å². The first-order chi connectivity index (χ1) is 15.1. The molecule has 4 rings (SSSR count). The van der Waals surface area contributed by atoms with Gasteiger partial charge in [0, 0.05) is 35.4 Å². The van der Waals surface area contributed by atoms with E-state index in [4.69, 9.17) is 0 Å². The van der Waals surface area contributed by atoms with E-state index in [1.807, 2.05) is 68.4 Å². The largest absolute Gasteiger partial charge is 0.325 e. The molecule has 31 heavy (non-hydrogen) atoms. The van der Waals surface area contributed by atoms with Gasteiger partial charge in [0.05, 0.1) is 12.4 Å². The van der Waals surface area contributed by atoms with Gasteiger partial charge in [-0.25, -0.2) is 4.79 Å². The summed E-state index contributed by atoms with van der Waals surface area (Å²) in [6.07, 6.45) is 5.77. The number of fused-ring (bicyclic) bond motifs is 1. The van der Waals surface area contributed by atoms with Crippen molar-refractivity contribution in [3.05, 3.63) is 60.4 Å². The molecule has 3 N–H and O–H groups in total. The van der Waals surface area contributed by atoms with Gasteiger partial charge in [-0.3, -0.25) is 14.7 Å². The van der Waals surface area contributed by atoms with Crippen LogP contribution in [0.1, 0.15) is 19.5 Å². The van der Waals surface area contributed by atoms with Crippen LogP contribution in [-0.4, -0.2) is 50.9 Å². The van der Waals surface area contributed by atoms with Crippen molar-refractivity contribution in [2.45, 2.75) is 25.7 Å². The number of rotatable bonds is 7. The van der Waals surface area contributed by atoms with Crippen molar-refractivity contribution in [1.82, 2.24) is 24.3 Å². The number of H-pyrrole nitrogens is 1. The average Bonchev–Trinajstić information content (AvgIpc) is 3.39. The molecule has 0 bridgehead atoms. The topological polar surface area (TPSA) is 94.6 Å². The van der Waals surface area contributed by atoms with Crippen molar-refractivity contribution in [2.24, 2.45) is 4.99 Å². The number of urea groups is 1. The third-order valence-corrected chi connectivity index (χ3v) is 5.83. The molecule has 2 aliphatic heterocycles. The Morgan fingerprint density at radius 2 is 2.06 bits per heavy atom. The van der Waals surface area contributed by atoms with Crippen molar-refractivity contribution in [3.63, 3.8) is 0 Å². The number of amides is 2. The highest BCUT2D eigenvalue weighted by molar-refractivity contribution is 7.97. The van der Waals surface area contributed by atoms with Crippen LogP contribution in [0.5, 0.6) is 0 Å². The molecular weight excluding hydrogens is 412 g/mol. The van der Waals surface area contributed by atoms with Crippen LogP contribution in [0, 0.1) is 6.92 Å². The van der Waals surface area contributed by atoms with Gasteiger partial charge in [0.1, 0.15) is 6.54 Å². The Bertz CT molecular complexity index is 1020. The second-order valence-corrected chi connectivity index (χ2v) is 8.21. The molecule has 0 unspecified atom stereocenters. The molecule has 1 radical (unpaired) electrons. The third-order valence-electron chi connectivity index (χ3n) is 4.88. The molecule has 2 aromatic rings. The second-order valence-electron chi connectivity index (χ2n) is 7.08. The van der Waals surface area contributed by atoms with Crippen LogP contribution in [0.3, 0.4) is 0 Å². The number of nitrogens with one attached hydrogen (secondary N) is 3. The number of carbonyl (C=O) groups excluding carboxylic acids is 1. The van der Waals surface area contributed by atoms with Gasteiger partial charge in [0.2, 0.25) is 0 Å². The van der Waals surface area contributed by atoms with Gasteiger partial charge in [-0.05, 0) is 61.9 Å². The molecule has 0 spiro atoms. The lowest BCUT2D eigenvalue weighted by molar-refractivity contribution is 0.217. The summed E-state index contributed by atoms with van der Waals surface area (Å²) in [4.78, 5) is 21.5. The molecule has 0 saturated carbocycles. The summed E-state index contributed by atoms with van der Waals surface area (Å²) in [5.74, 6) is 2.57. The van der Waals surface area contributed by atoms with Gasteiger partial charge in [-0.2, -0.15) is 10.1 Å². The van der Waals surface area contributed by atoms with E-state index in [1.165, 1.54) is 0 Å². The Labute approximate surface area is 186 Å². The van der Waals surface area contributed by atoms with E-state index < -0.39 is 0 Å². The van der Waals surface area contributed by atoms with Crippen LogP contribution >= 0.6 is 11.9 Å². The Morgan fingerprint density at radius 3 is 2.74 bits per heavy atom. The summed E-state index contributed by atoms with van der Waals surface area (Å²) < 4.78 is 2.12. The molecule has 9 nitrogen and oxygen atoms in total. The molecule has 2 aliphatic rings. The standard InChI is InChI=1S/C21H26N8OS/c1-4-27(5-2)21(30)23-16-6-8-17(9-7-16)31-28-13-19-22-10-11-29(19)20(14-28)24-18-12-15(3)25-26-18/h6-12,14H,4-5,13H2,1-3H3,(H,23,30)(H2,24,25,26)/q+1.